The number of nitrogens with one attached hydrogen (secondary N) is 3. The number of carbonyl (C=O) groups excluding carboxylic acids is 2. The van der Waals surface area contributed by atoms with Gasteiger partial charge in [0.2, 0.25) is 5.91 Å². The van der Waals surface area contributed by atoms with E-state index < -0.39 is 0 Å². The average Bonchev–Trinajstić information content (AvgIpc) is 2.75. The van der Waals surface area contributed by atoms with Gasteiger partial charge >= 0.3 is 0 Å². The predicted octanol–water partition coefficient (Wildman–Crippen LogP) is -1.62. The molecule has 1 saturated heterocycles. The van der Waals surface area contributed by atoms with Gasteiger partial charge in [0.1, 0.15) is 5.69 Å². The SMILES string of the molecule is NNc1cncc(C(=O)NC2CNC(=O)C2)n1. The largest absolute Gasteiger partial charge is 0.354 e. The molecule has 0 spiro atoms. The van der Waals surface area contributed by atoms with E-state index in [0.717, 1.165) is 0 Å². The maximum atomic E-state index is 11.8. The van der Waals surface area contributed by atoms with Crippen LogP contribution < -0.4 is 21.9 Å². The molecule has 1 aromatic heterocycles. The van der Waals surface area contributed by atoms with Gasteiger partial charge in [0.05, 0.1) is 18.4 Å². The summed E-state index contributed by atoms with van der Waals surface area (Å²) in [7, 11) is 0. The van der Waals surface area contributed by atoms with Crippen molar-refractivity contribution in [2.24, 2.45) is 5.84 Å². The summed E-state index contributed by atoms with van der Waals surface area (Å²) >= 11 is 0. The Bertz CT molecular complexity index is 449. The number of anilines is 1. The number of amides is 2. The van der Waals surface area contributed by atoms with Crippen LogP contribution in [0, 0.1) is 0 Å². The van der Waals surface area contributed by atoms with Gasteiger partial charge in [0.15, 0.2) is 5.82 Å². The van der Waals surface area contributed by atoms with Crippen molar-refractivity contribution >= 4 is 17.6 Å². The third-order valence-electron chi connectivity index (χ3n) is 2.33. The fourth-order valence-corrected chi connectivity index (χ4v) is 1.51. The van der Waals surface area contributed by atoms with Gasteiger partial charge in [-0.15, -0.1) is 0 Å². The van der Waals surface area contributed by atoms with Crippen molar-refractivity contribution in [1.82, 2.24) is 20.6 Å². The second kappa shape index (κ2) is 4.74. The van der Waals surface area contributed by atoms with Crippen molar-refractivity contribution in [3.63, 3.8) is 0 Å². The number of nitrogens with two attached hydrogens (primary N) is 1. The van der Waals surface area contributed by atoms with E-state index in [4.69, 9.17) is 5.84 Å². The van der Waals surface area contributed by atoms with Crippen LogP contribution in [0.25, 0.3) is 0 Å². The van der Waals surface area contributed by atoms with Gasteiger partial charge in [0.25, 0.3) is 5.91 Å². The van der Waals surface area contributed by atoms with Gasteiger partial charge in [-0.2, -0.15) is 0 Å². The smallest absolute Gasteiger partial charge is 0.271 e. The van der Waals surface area contributed by atoms with Crippen LogP contribution in [-0.4, -0.2) is 34.4 Å². The second-order valence-corrected chi connectivity index (χ2v) is 3.61. The number of nitrogen functional groups attached to an aromatic ring is 1. The summed E-state index contributed by atoms with van der Waals surface area (Å²) in [5, 5.41) is 5.31. The number of hydrogen-bond acceptors (Lipinski definition) is 6. The Labute approximate surface area is 97.0 Å². The summed E-state index contributed by atoms with van der Waals surface area (Å²) in [6, 6.07) is -0.203. The van der Waals surface area contributed by atoms with E-state index >= 15 is 0 Å². The molecule has 2 rings (SSSR count). The molecule has 1 fully saturated rings. The molecule has 8 nitrogen and oxygen atoms in total. The first-order chi connectivity index (χ1) is 8.19. The minimum atomic E-state index is -0.379. The first-order valence-corrected chi connectivity index (χ1v) is 5.05. The Morgan fingerprint density at radius 3 is 3.00 bits per heavy atom. The fourth-order valence-electron chi connectivity index (χ4n) is 1.51. The normalized spacial score (nSPS) is 18.6. The Morgan fingerprint density at radius 2 is 2.35 bits per heavy atom. The maximum Gasteiger partial charge on any atom is 0.271 e. The molecule has 1 unspecified atom stereocenters. The van der Waals surface area contributed by atoms with Crippen molar-refractivity contribution in [2.45, 2.75) is 12.5 Å². The number of rotatable bonds is 3. The highest BCUT2D eigenvalue weighted by molar-refractivity contribution is 5.93. The lowest BCUT2D eigenvalue weighted by Gasteiger charge is -2.09. The van der Waals surface area contributed by atoms with E-state index in [1.165, 1.54) is 12.4 Å². The zero-order valence-electron chi connectivity index (χ0n) is 8.93. The Kier molecular flexibility index (Phi) is 3.15. The molecule has 17 heavy (non-hydrogen) atoms. The van der Waals surface area contributed by atoms with Crippen molar-refractivity contribution in [3.05, 3.63) is 18.1 Å². The standard InChI is InChI=1S/C9H12N6O2/c10-15-7-4-11-3-6(14-7)9(17)13-5-1-8(16)12-2-5/h3-5H,1-2,10H2,(H,12,16)(H,13,17)(H,14,15). The Hall–Kier alpha value is -2.22. The molecule has 2 amide bonds. The molecule has 90 valence electrons. The van der Waals surface area contributed by atoms with Crippen molar-refractivity contribution in [1.29, 1.82) is 0 Å². The highest BCUT2D eigenvalue weighted by atomic mass is 16.2. The summed E-state index contributed by atoms with van der Waals surface area (Å²) < 4.78 is 0. The number of hydrazine groups is 1. The van der Waals surface area contributed by atoms with E-state index in [0.29, 0.717) is 12.4 Å². The molecule has 2 heterocycles. The van der Waals surface area contributed by atoms with Gasteiger partial charge in [-0.25, -0.2) is 10.8 Å². The van der Waals surface area contributed by atoms with Crippen LogP contribution in [0.15, 0.2) is 12.4 Å². The summed E-state index contributed by atoms with van der Waals surface area (Å²) in [4.78, 5) is 30.5. The molecule has 8 heteroatoms. The van der Waals surface area contributed by atoms with Crippen LogP contribution in [0.5, 0.6) is 0 Å². The number of aromatic nitrogens is 2. The molecule has 1 atom stereocenters. The zero-order valence-corrected chi connectivity index (χ0v) is 8.93. The van der Waals surface area contributed by atoms with E-state index in [1.54, 1.807) is 0 Å². The second-order valence-electron chi connectivity index (χ2n) is 3.61. The minimum Gasteiger partial charge on any atom is -0.354 e. The van der Waals surface area contributed by atoms with E-state index in [9.17, 15) is 9.59 Å². The quantitative estimate of drug-likeness (QED) is 0.369. The zero-order chi connectivity index (χ0) is 12.3. The number of nitrogens with zero attached hydrogens (tertiary/aromatic N) is 2. The first kappa shape index (κ1) is 11.3. The van der Waals surface area contributed by atoms with Crippen LogP contribution >= 0.6 is 0 Å². The number of carbonyl (C=O) groups is 2. The van der Waals surface area contributed by atoms with Crippen LogP contribution in [0.1, 0.15) is 16.9 Å². The molecule has 1 aromatic rings. The van der Waals surface area contributed by atoms with Crippen LogP contribution in [0.4, 0.5) is 5.82 Å². The van der Waals surface area contributed by atoms with Gasteiger partial charge < -0.3 is 16.1 Å². The first-order valence-electron chi connectivity index (χ1n) is 5.05. The van der Waals surface area contributed by atoms with Gasteiger partial charge in [-0.05, 0) is 0 Å². The van der Waals surface area contributed by atoms with E-state index in [2.05, 4.69) is 26.0 Å². The highest BCUT2D eigenvalue weighted by Crippen LogP contribution is 2.03. The molecular weight excluding hydrogens is 224 g/mol. The molecule has 0 aromatic carbocycles. The Balaban J connectivity index is 2.01. The van der Waals surface area contributed by atoms with Gasteiger partial charge in [-0.1, -0.05) is 0 Å². The summed E-state index contributed by atoms with van der Waals surface area (Å²) in [5.41, 5.74) is 2.46. The monoisotopic (exact) mass is 236 g/mol. The maximum absolute atomic E-state index is 11.8. The number of hydrogen-bond donors (Lipinski definition) is 4. The van der Waals surface area contributed by atoms with Crippen LogP contribution in [-0.2, 0) is 4.79 Å². The van der Waals surface area contributed by atoms with Crippen molar-refractivity contribution < 1.29 is 9.59 Å². The lowest BCUT2D eigenvalue weighted by molar-refractivity contribution is -0.119. The molecule has 0 bridgehead atoms. The van der Waals surface area contributed by atoms with E-state index in [-0.39, 0.29) is 30.0 Å². The van der Waals surface area contributed by atoms with E-state index in [1.807, 2.05) is 0 Å². The summed E-state index contributed by atoms with van der Waals surface area (Å²) in [5.74, 6) is 5.02. The highest BCUT2D eigenvalue weighted by Gasteiger charge is 2.23. The van der Waals surface area contributed by atoms with Crippen LogP contribution in [0.3, 0.4) is 0 Å². The molecule has 1 aliphatic heterocycles. The third kappa shape index (κ3) is 2.67. The molecule has 0 radical (unpaired) electrons. The van der Waals surface area contributed by atoms with Crippen molar-refractivity contribution in [3.8, 4) is 0 Å². The average molecular weight is 236 g/mol. The summed E-state index contributed by atoms with van der Waals surface area (Å²) in [6.07, 6.45) is 3.02. The summed E-state index contributed by atoms with van der Waals surface area (Å²) in [6.45, 7) is 0.437. The lowest BCUT2D eigenvalue weighted by atomic mass is 10.2. The molecule has 5 N–H and O–H groups in total. The lowest BCUT2D eigenvalue weighted by Crippen LogP contribution is -2.36. The molecule has 0 saturated carbocycles. The third-order valence-corrected chi connectivity index (χ3v) is 2.33. The molecule has 0 aliphatic carbocycles. The topological polar surface area (TPSA) is 122 Å². The van der Waals surface area contributed by atoms with Gasteiger partial charge in [-0.3, -0.25) is 14.6 Å². The molecular formula is C9H12N6O2. The Morgan fingerprint density at radius 1 is 1.53 bits per heavy atom. The fraction of sp³-hybridized carbons (Fsp3) is 0.333. The van der Waals surface area contributed by atoms with Crippen molar-refractivity contribution in [2.75, 3.05) is 12.0 Å². The van der Waals surface area contributed by atoms with Crippen LogP contribution in [0.2, 0.25) is 0 Å². The minimum absolute atomic E-state index is 0.0706. The predicted molar refractivity (Wildman–Crippen MR) is 58.7 cm³/mol. The molecule has 1 aliphatic rings. The van der Waals surface area contributed by atoms with Gasteiger partial charge in [0, 0.05) is 13.0 Å².